The number of unbranched alkanes of at least 4 members (excludes halogenated alkanes) is 25. The van der Waals surface area contributed by atoms with Crippen molar-refractivity contribution in [3.8, 4) is 0 Å². The molecule has 1 amide bonds. The highest BCUT2D eigenvalue weighted by Crippen LogP contribution is 2.38. The first-order valence-electron chi connectivity index (χ1n) is 24.5. The maximum atomic E-state index is 12.9. The van der Waals surface area contributed by atoms with E-state index in [1.807, 2.05) is 27.2 Å². The minimum atomic E-state index is -4.59. The van der Waals surface area contributed by atoms with Crippen LogP contribution >= 0.6 is 7.82 Å². The molecular formula is C50H95N2O6P. The highest BCUT2D eigenvalue weighted by Gasteiger charge is 2.23. The van der Waals surface area contributed by atoms with Gasteiger partial charge in [-0.15, -0.1) is 0 Å². The Balaban J connectivity index is 4.16. The van der Waals surface area contributed by atoms with Gasteiger partial charge in [0.05, 0.1) is 39.9 Å². The molecule has 0 aliphatic carbocycles. The third-order valence-electron chi connectivity index (χ3n) is 10.8. The fourth-order valence-corrected chi connectivity index (χ4v) is 7.57. The minimum absolute atomic E-state index is 0.00797. The van der Waals surface area contributed by atoms with Crippen molar-refractivity contribution in [2.24, 2.45) is 0 Å². The number of nitrogens with one attached hydrogen (secondary N) is 1. The Labute approximate surface area is 365 Å². The summed E-state index contributed by atoms with van der Waals surface area (Å²) in [5.41, 5.74) is 0. The summed E-state index contributed by atoms with van der Waals surface area (Å²) in [7, 11) is 1.24. The van der Waals surface area contributed by atoms with E-state index in [0.717, 1.165) is 44.9 Å². The molecule has 0 bridgehead atoms. The summed E-state index contributed by atoms with van der Waals surface area (Å²) in [4.78, 5) is 25.3. The molecule has 0 aliphatic heterocycles. The van der Waals surface area contributed by atoms with Gasteiger partial charge in [0.15, 0.2) is 0 Å². The van der Waals surface area contributed by atoms with E-state index in [1.54, 1.807) is 6.08 Å². The molecule has 0 spiro atoms. The number of amides is 1. The first kappa shape index (κ1) is 57.5. The van der Waals surface area contributed by atoms with Gasteiger partial charge in [-0.2, -0.15) is 0 Å². The molecule has 3 atom stereocenters. The summed E-state index contributed by atoms with van der Waals surface area (Å²) in [6.45, 7) is 4.58. The van der Waals surface area contributed by atoms with Crippen LogP contribution in [0.25, 0.3) is 0 Å². The monoisotopic (exact) mass is 851 g/mol. The lowest BCUT2D eigenvalue weighted by molar-refractivity contribution is -0.870. The molecule has 2 N–H and O–H groups in total. The predicted molar refractivity (Wildman–Crippen MR) is 251 cm³/mol. The molecule has 0 rings (SSSR count). The van der Waals surface area contributed by atoms with Crippen molar-refractivity contribution in [2.45, 2.75) is 225 Å². The molecule has 0 aromatic rings. The van der Waals surface area contributed by atoms with Crippen LogP contribution in [0.1, 0.15) is 213 Å². The smallest absolute Gasteiger partial charge is 0.268 e. The lowest BCUT2D eigenvalue weighted by Gasteiger charge is -2.29. The van der Waals surface area contributed by atoms with E-state index in [4.69, 9.17) is 9.05 Å². The molecular weight excluding hydrogens is 756 g/mol. The van der Waals surface area contributed by atoms with E-state index < -0.39 is 26.6 Å². The van der Waals surface area contributed by atoms with Crippen molar-refractivity contribution in [3.63, 3.8) is 0 Å². The molecule has 0 saturated heterocycles. The molecule has 0 aliphatic rings. The van der Waals surface area contributed by atoms with Gasteiger partial charge in [-0.3, -0.25) is 9.36 Å². The van der Waals surface area contributed by atoms with E-state index in [9.17, 15) is 19.4 Å². The van der Waals surface area contributed by atoms with Gasteiger partial charge in [0.25, 0.3) is 7.82 Å². The van der Waals surface area contributed by atoms with Gasteiger partial charge in [0.1, 0.15) is 13.2 Å². The lowest BCUT2D eigenvalue weighted by atomic mass is 10.0. The van der Waals surface area contributed by atoms with Crippen LogP contribution in [0.5, 0.6) is 0 Å². The van der Waals surface area contributed by atoms with E-state index in [0.29, 0.717) is 17.4 Å². The molecule has 346 valence electrons. The number of allylic oxidation sites excluding steroid dienone is 7. The van der Waals surface area contributed by atoms with Crippen LogP contribution < -0.4 is 10.2 Å². The van der Waals surface area contributed by atoms with Crippen molar-refractivity contribution < 1.29 is 32.9 Å². The van der Waals surface area contributed by atoms with Crippen molar-refractivity contribution in [3.05, 3.63) is 48.6 Å². The Morgan fingerprint density at radius 1 is 0.593 bits per heavy atom. The van der Waals surface area contributed by atoms with Gasteiger partial charge in [-0.1, -0.05) is 191 Å². The van der Waals surface area contributed by atoms with Crippen LogP contribution in [-0.4, -0.2) is 68.5 Å². The fourth-order valence-electron chi connectivity index (χ4n) is 6.85. The average Bonchev–Trinajstić information content (AvgIpc) is 3.19. The molecule has 0 radical (unpaired) electrons. The Bertz CT molecular complexity index is 1100. The quantitative estimate of drug-likeness (QED) is 0.0274. The third-order valence-corrected chi connectivity index (χ3v) is 11.7. The number of phosphoric acid groups is 1. The maximum Gasteiger partial charge on any atom is 0.268 e. The highest BCUT2D eigenvalue weighted by atomic mass is 31.2. The van der Waals surface area contributed by atoms with Crippen LogP contribution in [0.3, 0.4) is 0 Å². The normalized spacial score (nSPS) is 14.6. The van der Waals surface area contributed by atoms with Crippen molar-refractivity contribution >= 4 is 13.7 Å². The van der Waals surface area contributed by atoms with Gasteiger partial charge >= 0.3 is 0 Å². The first-order valence-corrected chi connectivity index (χ1v) is 26.0. The number of likely N-dealkylation sites (N-methyl/N-ethyl adjacent to an activating group) is 1. The second-order valence-electron chi connectivity index (χ2n) is 17.8. The predicted octanol–water partition coefficient (Wildman–Crippen LogP) is 13.4. The van der Waals surface area contributed by atoms with Crippen LogP contribution in [-0.2, 0) is 18.4 Å². The summed E-state index contributed by atoms with van der Waals surface area (Å²) >= 11 is 0. The standard InChI is InChI=1S/C50H95N2O6P/c1-6-8-10-12-14-16-18-19-20-21-22-23-24-25-26-27-28-29-30-31-32-33-34-36-38-40-42-44-50(54)51-48(47-58-59(55,56)57-46-45-52(3,4)5)49(53)43-41-39-37-35-17-15-13-11-9-7-2/h17,22-23,25-26,35,41,43,48-49,53H,6-16,18-21,24,27-34,36-40,42,44-47H2,1-5H3,(H-,51,54,55,56)/b23-22-,26-25-,35-17+,43-41+. The molecule has 0 aromatic carbocycles. The van der Waals surface area contributed by atoms with Crippen LogP contribution in [0.15, 0.2) is 48.6 Å². The summed E-state index contributed by atoms with van der Waals surface area (Å²) in [6.07, 6.45) is 53.3. The van der Waals surface area contributed by atoms with Crippen molar-refractivity contribution in [2.75, 3.05) is 40.9 Å². The highest BCUT2D eigenvalue weighted by molar-refractivity contribution is 7.45. The molecule has 9 heteroatoms. The number of rotatable bonds is 44. The van der Waals surface area contributed by atoms with Gasteiger partial charge in [-0.25, -0.2) is 0 Å². The molecule has 59 heavy (non-hydrogen) atoms. The topological polar surface area (TPSA) is 108 Å². The summed E-state index contributed by atoms with van der Waals surface area (Å²) in [5.74, 6) is -0.212. The maximum absolute atomic E-state index is 12.9. The zero-order valence-corrected chi connectivity index (χ0v) is 40.1. The third kappa shape index (κ3) is 44.3. The largest absolute Gasteiger partial charge is 0.756 e. The number of phosphoric ester groups is 1. The first-order chi connectivity index (χ1) is 28.5. The number of carbonyl (C=O) groups excluding carboxylic acids is 1. The van der Waals surface area contributed by atoms with Gasteiger partial charge in [-0.05, 0) is 64.2 Å². The molecule has 0 heterocycles. The number of quaternary nitrogens is 1. The number of hydrogen-bond acceptors (Lipinski definition) is 6. The average molecular weight is 851 g/mol. The number of hydrogen-bond donors (Lipinski definition) is 2. The Hall–Kier alpha value is -1.54. The lowest BCUT2D eigenvalue weighted by Crippen LogP contribution is -2.45. The zero-order valence-electron chi connectivity index (χ0n) is 39.2. The molecule has 0 aromatic heterocycles. The fraction of sp³-hybridized carbons (Fsp3) is 0.820. The van der Waals surface area contributed by atoms with Crippen LogP contribution in [0.2, 0.25) is 0 Å². The molecule has 3 unspecified atom stereocenters. The molecule has 8 nitrogen and oxygen atoms in total. The van der Waals surface area contributed by atoms with E-state index >= 15 is 0 Å². The van der Waals surface area contributed by atoms with Gasteiger partial charge in [0.2, 0.25) is 5.91 Å². The Morgan fingerprint density at radius 2 is 1.00 bits per heavy atom. The summed E-state index contributed by atoms with van der Waals surface area (Å²) in [6, 6.07) is -0.903. The van der Waals surface area contributed by atoms with Crippen LogP contribution in [0, 0.1) is 0 Å². The number of aliphatic hydroxyl groups is 1. The van der Waals surface area contributed by atoms with Crippen molar-refractivity contribution in [1.29, 1.82) is 0 Å². The second kappa shape index (κ2) is 41.8. The second-order valence-corrected chi connectivity index (χ2v) is 19.2. The van der Waals surface area contributed by atoms with Gasteiger partial charge < -0.3 is 28.8 Å². The van der Waals surface area contributed by atoms with Crippen molar-refractivity contribution in [1.82, 2.24) is 5.32 Å². The number of carbonyl (C=O) groups is 1. The number of nitrogens with zero attached hydrogens (tertiary/aromatic N) is 1. The Kier molecular flexibility index (Phi) is 40.7. The van der Waals surface area contributed by atoms with Crippen LogP contribution in [0.4, 0.5) is 0 Å². The number of aliphatic hydroxyl groups excluding tert-OH is 1. The summed E-state index contributed by atoms with van der Waals surface area (Å²) < 4.78 is 23.1. The van der Waals surface area contributed by atoms with E-state index in [2.05, 4.69) is 55.6 Å². The molecule has 0 fully saturated rings. The van der Waals surface area contributed by atoms with Gasteiger partial charge in [0, 0.05) is 6.42 Å². The summed E-state index contributed by atoms with van der Waals surface area (Å²) in [5, 5.41) is 13.7. The Morgan fingerprint density at radius 3 is 1.49 bits per heavy atom. The minimum Gasteiger partial charge on any atom is -0.756 e. The van der Waals surface area contributed by atoms with E-state index in [1.165, 1.54) is 148 Å². The molecule has 0 saturated carbocycles. The SMILES string of the molecule is CCCCCC/C=C/CC/C=C/C(O)C(COP(=O)([O-])OCC[N+](C)(C)C)NC(=O)CCCCCCCCCCCCC/C=C\C/C=C\CCCCCCCCCCC. The zero-order chi connectivity index (χ0) is 43.6. The van der Waals surface area contributed by atoms with E-state index in [-0.39, 0.29) is 12.5 Å².